The fourth-order valence-electron chi connectivity index (χ4n) is 5.19. The van der Waals surface area contributed by atoms with Crippen LogP contribution in [0.3, 0.4) is 0 Å². The van der Waals surface area contributed by atoms with Crippen molar-refractivity contribution in [3.63, 3.8) is 0 Å². The molecule has 36 heavy (non-hydrogen) atoms. The van der Waals surface area contributed by atoms with Gasteiger partial charge in [0.25, 0.3) is 0 Å². The van der Waals surface area contributed by atoms with E-state index in [0.29, 0.717) is 19.3 Å². The third-order valence-corrected chi connectivity index (χ3v) is 8.58. The third kappa shape index (κ3) is 5.88. The Morgan fingerprint density at radius 1 is 1.00 bits per heavy atom. The maximum Gasteiger partial charge on any atom is 0.241 e. The van der Waals surface area contributed by atoms with Crippen molar-refractivity contribution >= 4 is 17.2 Å². The zero-order valence-corrected chi connectivity index (χ0v) is 21.9. The number of fused-ring (bicyclic) bond motifs is 1. The van der Waals surface area contributed by atoms with E-state index in [2.05, 4.69) is 82.1 Å². The minimum Gasteiger partial charge on any atom is -0.339 e. The Labute approximate surface area is 218 Å². The van der Waals surface area contributed by atoms with Gasteiger partial charge in [-0.25, -0.2) is 0 Å². The highest BCUT2D eigenvalue weighted by atomic mass is 32.1. The quantitative estimate of drug-likeness (QED) is 0.432. The van der Waals surface area contributed by atoms with Crippen molar-refractivity contribution in [1.82, 2.24) is 15.1 Å². The van der Waals surface area contributed by atoms with Crippen LogP contribution in [-0.4, -0.2) is 60.6 Å². The van der Waals surface area contributed by atoms with Crippen molar-refractivity contribution < 1.29 is 4.79 Å². The zero-order chi connectivity index (χ0) is 25.1. The largest absolute Gasteiger partial charge is 0.339 e. The van der Waals surface area contributed by atoms with Gasteiger partial charge in [0, 0.05) is 50.4 Å². The van der Waals surface area contributed by atoms with Gasteiger partial charge in [0.1, 0.15) is 5.54 Å². The number of nitrogens with one attached hydrogen (secondary N) is 1. The Balaban J connectivity index is 1.13. The van der Waals surface area contributed by atoms with Crippen molar-refractivity contribution in [2.75, 3.05) is 33.2 Å². The number of piperazine rings is 1. The van der Waals surface area contributed by atoms with Gasteiger partial charge in [-0.1, -0.05) is 48.5 Å². The zero-order valence-electron chi connectivity index (χ0n) is 21.1. The summed E-state index contributed by atoms with van der Waals surface area (Å²) < 4.78 is 0. The molecule has 1 aliphatic heterocycles. The number of benzene rings is 2. The highest BCUT2D eigenvalue weighted by Gasteiger charge is 2.38. The van der Waals surface area contributed by atoms with Gasteiger partial charge in [-0.3, -0.25) is 9.69 Å². The summed E-state index contributed by atoms with van der Waals surface area (Å²) in [7, 11) is 2.19. The minimum atomic E-state index is -0.879. The van der Waals surface area contributed by atoms with Crippen LogP contribution < -0.4 is 16.8 Å². The fraction of sp³-hybridized carbons (Fsp3) is 0.414. The van der Waals surface area contributed by atoms with Crippen molar-refractivity contribution in [3.05, 3.63) is 81.5 Å². The molecule has 0 saturated carbocycles. The Morgan fingerprint density at radius 3 is 2.31 bits per heavy atom. The summed E-state index contributed by atoms with van der Waals surface area (Å²) in [5, 5.41) is 5.04. The number of amides is 1. The molecule has 0 spiro atoms. The summed E-state index contributed by atoms with van der Waals surface area (Å²) in [5.74, 6) is -0.151. The molecule has 5 rings (SSSR count). The molecule has 1 aromatic heterocycles. The van der Waals surface area contributed by atoms with E-state index in [1.54, 1.807) is 11.3 Å². The van der Waals surface area contributed by atoms with E-state index in [1.165, 1.54) is 27.1 Å². The van der Waals surface area contributed by atoms with E-state index < -0.39 is 11.7 Å². The molecule has 0 bridgehead atoms. The summed E-state index contributed by atoms with van der Waals surface area (Å²) in [6.45, 7) is 5.55. The van der Waals surface area contributed by atoms with Crippen LogP contribution in [-0.2, 0) is 30.6 Å². The van der Waals surface area contributed by atoms with E-state index in [0.717, 1.165) is 44.7 Å². The number of thiophene rings is 1. The summed E-state index contributed by atoms with van der Waals surface area (Å²) in [6, 6.07) is 19.5. The summed E-state index contributed by atoms with van der Waals surface area (Å²) in [4.78, 5) is 19.1. The second kappa shape index (κ2) is 10.8. The lowest BCUT2D eigenvalue weighted by Crippen LogP contribution is -2.60. The number of rotatable bonds is 7. The first-order valence-corrected chi connectivity index (χ1v) is 13.8. The second-order valence-corrected chi connectivity index (χ2v) is 11.5. The van der Waals surface area contributed by atoms with Crippen molar-refractivity contribution in [2.24, 2.45) is 11.5 Å². The van der Waals surface area contributed by atoms with E-state index >= 15 is 0 Å². The Kier molecular flexibility index (Phi) is 7.55. The Bertz CT molecular complexity index is 1170. The number of hydrogen-bond acceptors (Lipinski definition) is 6. The minimum absolute atomic E-state index is 0.151. The monoisotopic (exact) mass is 503 g/mol. The summed E-state index contributed by atoms with van der Waals surface area (Å²) >= 11 is 1.68. The van der Waals surface area contributed by atoms with Gasteiger partial charge in [-0.2, -0.15) is 0 Å². The van der Waals surface area contributed by atoms with Crippen LogP contribution in [0.4, 0.5) is 0 Å². The molecular weight excluding hydrogens is 466 g/mol. The third-order valence-electron chi connectivity index (χ3n) is 7.62. The van der Waals surface area contributed by atoms with E-state index in [4.69, 9.17) is 11.5 Å². The molecule has 190 valence electrons. The van der Waals surface area contributed by atoms with E-state index in [9.17, 15) is 4.79 Å². The lowest BCUT2D eigenvalue weighted by atomic mass is 9.82. The molecule has 2 aromatic carbocycles. The fourth-order valence-corrected chi connectivity index (χ4v) is 6.25. The molecular formula is C29H37N5OS. The van der Waals surface area contributed by atoms with Gasteiger partial charge in [0.05, 0.1) is 6.17 Å². The average molecular weight is 504 g/mol. The highest BCUT2D eigenvalue weighted by Crippen LogP contribution is 2.31. The van der Waals surface area contributed by atoms with E-state index in [-0.39, 0.29) is 5.91 Å². The SMILES string of the molecule is CN1CCN(Cc2ccc(-c3ccc(CC(N)NC(=O)[C@]4(N)CCc5ccsc5C4)cc3)cc2)CC1. The van der Waals surface area contributed by atoms with E-state index in [1.807, 2.05) is 0 Å². The highest BCUT2D eigenvalue weighted by molar-refractivity contribution is 7.10. The topological polar surface area (TPSA) is 87.6 Å². The van der Waals surface area contributed by atoms with Crippen molar-refractivity contribution in [3.8, 4) is 11.1 Å². The molecule has 1 unspecified atom stereocenters. The van der Waals surface area contributed by atoms with Crippen molar-refractivity contribution in [1.29, 1.82) is 0 Å². The molecule has 0 radical (unpaired) electrons. The molecule has 1 aliphatic carbocycles. The van der Waals surface area contributed by atoms with Crippen LogP contribution >= 0.6 is 11.3 Å². The van der Waals surface area contributed by atoms with Gasteiger partial charge in [-0.05, 0) is 59.2 Å². The van der Waals surface area contributed by atoms with Crippen LogP contribution in [0.15, 0.2) is 60.0 Å². The molecule has 6 nitrogen and oxygen atoms in total. The van der Waals surface area contributed by atoms with Gasteiger partial charge in [0.15, 0.2) is 0 Å². The first-order valence-electron chi connectivity index (χ1n) is 12.9. The molecule has 5 N–H and O–H groups in total. The first-order chi connectivity index (χ1) is 17.4. The van der Waals surface area contributed by atoms with Gasteiger partial charge < -0.3 is 21.7 Å². The number of nitrogens with zero attached hydrogens (tertiary/aromatic N) is 2. The van der Waals surface area contributed by atoms with Gasteiger partial charge in [-0.15, -0.1) is 11.3 Å². The molecule has 2 aliphatic rings. The molecule has 1 saturated heterocycles. The standard InChI is InChI=1S/C29H37N5OS/c1-33-13-15-34(16-14-33)20-22-4-8-24(9-5-22)23-6-2-21(3-7-23)18-27(30)32-28(35)29(31)12-10-25-11-17-36-26(25)19-29/h2-9,11,17,27H,10,12-16,18-20,30-31H2,1H3,(H,32,35)/t27?,29-/m0/s1. The average Bonchev–Trinajstić information content (AvgIpc) is 3.34. The van der Waals surface area contributed by atoms with Gasteiger partial charge >= 0.3 is 0 Å². The molecule has 3 aromatic rings. The number of carbonyl (C=O) groups is 1. The van der Waals surface area contributed by atoms with Crippen LogP contribution in [0.5, 0.6) is 0 Å². The molecule has 7 heteroatoms. The maximum atomic E-state index is 12.9. The molecule has 1 fully saturated rings. The number of nitrogens with two attached hydrogens (primary N) is 2. The van der Waals surface area contributed by atoms with Crippen LogP contribution in [0.25, 0.3) is 11.1 Å². The molecule has 2 heterocycles. The Morgan fingerprint density at radius 2 is 1.64 bits per heavy atom. The normalized spacial score (nSPS) is 21.6. The van der Waals surface area contributed by atoms with Crippen LogP contribution in [0.2, 0.25) is 0 Å². The molecule has 2 atom stereocenters. The lowest BCUT2D eigenvalue weighted by molar-refractivity contribution is -0.127. The smallest absolute Gasteiger partial charge is 0.241 e. The van der Waals surface area contributed by atoms with Crippen LogP contribution in [0, 0.1) is 0 Å². The van der Waals surface area contributed by atoms with Gasteiger partial charge in [0.2, 0.25) is 5.91 Å². The number of likely N-dealkylation sites (N-methyl/N-ethyl adjacent to an activating group) is 1. The van der Waals surface area contributed by atoms with Crippen LogP contribution in [0.1, 0.15) is 28.0 Å². The predicted molar refractivity (Wildman–Crippen MR) is 148 cm³/mol. The summed E-state index contributed by atoms with van der Waals surface area (Å²) in [6.07, 6.45) is 2.17. The number of aryl methyl sites for hydroxylation is 1. The number of carbonyl (C=O) groups excluding carboxylic acids is 1. The molecule has 1 amide bonds. The Hall–Kier alpha value is -2.55. The maximum absolute atomic E-state index is 12.9. The first kappa shape index (κ1) is 25.1. The number of hydrogen-bond donors (Lipinski definition) is 3. The lowest BCUT2D eigenvalue weighted by Gasteiger charge is -2.33. The summed E-state index contributed by atoms with van der Waals surface area (Å²) in [5.41, 5.74) is 18.1. The predicted octanol–water partition coefficient (Wildman–Crippen LogP) is 2.99. The van der Waals surface area contributed by atoms with Crippen molar-refractivity contribution in [2.45, 2.75) is 43.9 Å². The second-order valence-electron chi connectivity index (χ2n) is 10.5.